The number of nitrogen functional groups attached to an aromatic ring is 1. The van der Waals surface area contributed by atoms with E-state index < -0.39 is 33.4 Å². The van der Waals surface area contributed by atoms with E-state index in [1.807, 2.05) is 6.07 Å². The Labute approximate surface area is 209 Å². The van der Waals surface area contributed by atoms with Gasteiger partial charge in [-0.2, -0.15) is 0 Å². The number of nitrogens with two attached hydrogens (primary N) is 1. The van der Waals surface area contributed by atoms with Gasteiger partial charge in [-0.3, -0.25) is 4.79 Å². The molecule has 1 amide bonds. The molecule has 3 N–H and O–H groups in total. The molecule has 0 unspecified atom stereocenters. The molecule has 3 aromatic rings. The SMILES string of the molecule is C[C@@H](NC(=O)c1ccc(-c2cc(C3CCCCC3)cnc2N)cc1F)c1cc(F)cc(S(C)(=O)=O)c1. The van der Waals surface area contributed by atoms with Crippen LogP contribution in [0, 0.1) is 11.6 Å². The lowest BCUT2D eigenvalue weighted by Gasteiger charge is -2.22. The van der Waals surface area contributed by atoms with Crippen LogP contribution in [0.4, 0.5) is 14.6 Å². The number of hydrogen-bond donors (Lipinski definition) is 2. The van der Waals surface area contributed by atoms with Crippen molar-refractivity contribution in [1.29, 1.82) is 0 Å². The fourth-order valence-electron chi connectivity index (χ4n) is 4.65. The van der Waals surface area contributed by atoms with Gasteiger partial charge in [-0.15, -0.1) is 0 Å². The van der Waals surface area contributed by atoms with Crippen LogP contribution >= 0.6 is 0 Å². The van der Waals surface area contributed by atoms with Crippen molar-refractivity contribution in [1.82, 2.24) is 10.3 Å². The van der Waals surface area contributed by atoms with Crippen LogP contribution in [0.5, 0.6) is 0 Å². The van der Waals surface area contributed by atoms with Gasteiger partial charge in [0.1, 0.15) is 17.5 Å². The Morgan fingerprint density at radius 2 is 1.81 bits per heavy atom. The zero-order valence-corrected chi connectivity index (χ0v) is 21.0. The number of hydrogen-bond acceptors (Lipinski definition) is 5. The highest BCUT2D eigenvalue weighted by Gasteiger charge is 2.21. The summed E-state index contributed by atoms with van der Waals surface area (Å²) in [6, 6.07) is 8.76. The van der Waals surface area contributed by atoms with E-state index in [0.717, 1.165) is 36.8 Å². The minimum Gasteiger partial charge on any atom is -0.383 e. The minimum absolute atomic E-state index is 0.194. The molecule has 0 radical (unpaired) electrons. The van der Waals surface area contributed by atoms with Crippen LogP contribution in [-0.2, 0) is 9.84 Å². The Kier molecular flexibility index (Phi) is 7.40. The smallest absolute Gasteiger partial charge is 0.254 e. The number of rotatable bonds is 6. The first-order valence-electron chi connectivity index (χ1n) is 11.9. The molecule has 6 nitrogen and oxygen atoms in total. The molecule has 190 valence electrons. The van der Waals surface area contributed by atoms with Gasteiger partial charge in [-0.25, -0.2) is 22.2 Å². The van der Waals surface area contributed by atoms with E-state index in [9.17, 15) is 17.6 Å². The summed E-state index contributed by atoms with van der Waals surface area (Å²) in [6.07, 6.45) is 8.52. The molecule has 1 fully saturated rings. The summed E-state index contributed by atoms with van der Waals surface area (Å²) in [6.45, 7) is 1.56. The second-order valence-corrected chi connectivity index (χ2v) is 11.4. The van der Waals surface area contributed by atoms with Gasteiger partial charge < -0.3 is 11.1 Å². The van der Waals surface area contributed by atoms with E-state index in [1.54, 1.807) is 19.2 Å². The Morgan fingerprint density at radius 3 is 2.47 bits per heavy atom. The molecule has 0 spiro atoms. The molecule has 1 saturated carbocycles. The third-order valence-corrected chi connectivity index (χ3v) is 7.80. The number of pyridine rings is 1. The number of carbonyl (C=O) groups is 1. The van der Waals surface area contributed by atoms with Crippen molar-refractivity contribution in [2.75, 3.05) is 12.0 Å². The van der Waals surface area contributed by atoms with Gasteiger partial charge in [0, 0.05) is 18.0 Å². The Bertz CT molecular complexity index is 1400. The van der Waals surface area contributed by atoms with Crippen LogP contribution in [0.15, 0.2) is 53.6 Å². The lowest BCUT2D eigenvalue weighted by atomic mass is 9.84. The predicted octanol–water partition coefficient (Wildman–Crippen LogP) is 5.55. The summed E-state index contributed by atoms with van der Waals surface area (Å²) in [5, 5.41) is 2.60. The Morgan fingerprint density at radius 1 is 1.08 bits per heavy atom. The fourth-order valence-corrected chi connectivity index (χ4v) is 5.33. The summed E-state index contributed by atoms with van der Waals surface area (Å²) < 4.78 is 52.7. The molecule has 1 heterocycles. The van der Waals surface area contributed by atoms with Crippen molar-refractivity contribution in [2.45, 2.75) is 55.9 Å². The van der Waals surface area contributed by atoms with Crippen LogP contribution in [0.2, 0.25) is 0 Å². The average molecular weight is 514 g/mol. The van der Waals surface area contributed by atoms with Gasteiger partial charge >= 0.3 is 0 Å². The maximum Gasteiger partial charge on any atom is 0.254 e. The van der Waals surface area contributed by atoms with Gasteiger partial charge in [-0.05, 0) is 78.8 Å². The summed E-state index contributed by atoms with van der Waals surface area (Å²) in [5.74, 6) is -1.50. The van der Waals surface area contributed by atoms with E-state index in [0.29, 0.717) is 17.0 Å². The molecule has 2 aromatic carbocycles. The molecule has 1 aliphatic carbocycles. The normalized spacial score (nSPS) is 15.4. The lowest BCUT2D eigenvalue weighted by molar-refractivity contribution is 0.0935. The number of carbonyl (C=O) groups excluding carboxylic acids is 1. The molecular weight excluding hydrogens is 484 g/mol. The van der Waals surface area contributed by atoms with Gasteiger partial charge in [0.2, 0.25) is 0 Å². The number of nitrogens with zero attached hydrogens (tertiary/aromatic N) is 1. The second-order valence-electron chi connectivity index (χ2n) is 9.42. The molecule has 4 rings (SSSR count). The summed E-state index contributed by atoms with van der Waals surface area (Å²) >= 11 is 0. The predicted molar refractivity (Wildman–Crippen MR) is 135 cm³/mol. The van der Waals surface area contributed by atoms with Crippen LogP contribution < -0.4 is 11.1 Å². The molecule has 0 saturated heterocycles. The van der Waals surface area contributed by atoms with Crippen molar-refractivity contribution >= 4 is 21.6 Å². The molecular formula is C27H29F2N3O3S. The van der Waals surface area contributed by atoms with Gasteiger partial charge in [0.15, 0.2) is 9.84 Å². The first-order valence-corrected chi connectivity index (χ1v) is 13.8. The molecule has 0 aliphatic heterocycles. The standard InChI is InChI=1S/C27H29F2N3O3S/c1-16(19-10-21(28)14-22(11-19)36(2,34)35)32-27(33)23-9-8-18(13-25(23)29)24-12-20(15-31-26(24)30)17-6-4-3-5-7-17/h8-17H,3-7H2,1-2H3,(H2,30,31)(H,32,33)/t16-/m1/s1. The third kappa shape index (κ3) is 5.73. The van der Waals surface area contributed by atoms with E-state index in [-0.39, 0.29) is 21.8 Å². The maximum atomic E-state index is 15.0. The lowest BCUT2D eigenvalue weighted by Crippen LogP contribution is -2.27. The zero-order chi connectivity index (χ0) is 26.0. The van der Waals surface area contributed by atoms with Crippen LogP contribution in [-0.4, -0.2) is 25.6 Å². The molecule has 36 heavy (non-hydrogen) atoms. The summed E-state index contributed by atoms with van der Waals surface area (Å²) in [7, 11) is -3.64. The monoisotopic (exact) mass is 513 g/mol. The Hall–Kier alpha value is -3.33. The number of halogens is 2. The van der Waals surface area contributed by atoms with Crippen molar-refractivity contribution in [3.8, 4) is 11.1 Å². The number of amides is 1. The van der Waals surface area contributed by atoms with Gasteiger partial charge in [-0.1, -0.05) is 25.3 Å². The van der Waals surface area contributed by atoms with Crippen molar-refractivity contribution in [3.63, 3.8) is 0 Å². The van der Waals surface area contributed by atoms with Crippen LogP contribution in [0.25, 0.3) is 11.1 Å². The average Bonchev–Trinajstić information content (AvgIpc) is 2.83. The molecule has 1 atom stereocenters. The van der Waals surface area contributed by atoms with Gasteiger partial charge in [0.25, 0.3) is 5.91 Å². The van der Waals surface area contributed by atoms with E-state index in [2.05, 4.69) is 10.3 Å². The zero-order valence-electron chi connectivity index (χ0n) is 20.2. The number of nitrogens with one attached hydrogen (secondary N) is 1. The highest BCUT2D eigenvalue weighted by molar-refractivity contribution is 7.90. The number of sulfone groups is 1. The molecule has 1 aliphatic rings. The first-order chi connectivity index (χ1) is 17.0. The van der Waals surface area contributed by atoms with Crippen molar-refractivity contribution in [3.05, 3.63) is 77.0 Å². The third-order valence-electron chi connectivity index (χ3n) is 6.71. The molecule has 9 heteroatoms. The second kappa shape index (κ2) is 10.3. The van der Waals surface area contributed by atoms with E-state index in [4.69, 9.17) is 5.73 Å². The minimum atomic E-state index is -3.64. The fraction of sp³-hybridized carbons (Fsp3) is 0.333. The number of anilines is 1. The topological polar surface area (TPSA) is 102 Å². The van der Waals surface area contributed by atoms with Crippen LogP contribution in [0.1, 0.15) is 72.5 Å². The maximum absolute atomic E-state index is 15.0. The number of benzene rings is 2. The van der Waals surface area contributed by atoms with Crippen LogP contribution in [0.3, 0.4) is 0 Å². The highest BCUT2D eigenvalue weighted by Crippen LogP contribution is 2.36. The van der Waals surface area contributed by atoms with Crippen molar-refractivity contribution < 1.29 is 22.0 Å². The highest BCUT2D eigenvalue weighted by atomic mass is 32.2. The molecule has 1 aromatic heterocycles. The quantitative estimate of drug-likeness (QED) is 0.450. The first kappa shape index (κ1) is 25.8. The Balaban J connectivity index is 1.55. The summed E-state index contributed by atoms with van der Waals surface area (Å²) in [5.41, 5.74) is 8.37. The molecule has 0 bridgehead atoms. The van der Waals surface area contributed by atoms with E-state index in [1.165, 1.54) is 37.5 Å². The largest absolute Gasteiger partial charge is 0.383 e. The van der Waals surface area contributed by atoms with Gasteiger partial charge in [0.05, 0.1) is 16.5 Å². The van der Waals surface area contributed by atoms with Crippen molar-refractivity contribution in [2.24, 2.45) is 0 Å². The summed E-state index contributed by atoms with van der Waals surface area (Å²) in [4.78, 5) is 16.9. The number of aromatic nitrogens is 1. The van der Waals surface area contributed by atoms with E-state index >= 15 is 4.39 Å².